The summed E-state index contributed by atoms with van der Waals surface area (Å²) in [6, 6.07) is 1.62. The first-order valence-electron chi connectivity index (χ1n) is 5.87. The zero-order chi connectivity index (χ0) is 13.0. The van der Waals surface area contributed by atoms with Crippen molar-refractivity contribution < 1.29 is 14.7 Å². The lowest BCUT2D eigenvalue weighted by molar-refractivity contribution is -0.116. The van der Waals surface area contributed by atoms with E-state index in [1.54, 1.807) is 0 Å². The van der Waals surface area contributed by atoms with E-state index in [-0.39, 0.29) is 17.5 Å². The summed E-state index contributed by atoms with van der Waals surface area (Å²) in [5.41, 5.74) is 0.477. The molecular weight excluding hydrogens is 234 g/mol. The van der Waals surface area contributed by atoms with Gasteiger partial charge in [0, 0.05) is 18.7 Å². The zero-order valence-electron chi connectivity index (χ0n) is 9.85. The van der Waals surface area contributed by atoms with Crippen molar-refractivity contribution in [1.82, 2.24) is 10.3 Å². The van der Waals surface area contributed by atoms with E-state index in [4.69, 9.17) is 5.11 Å². The lowest BCUT2D eigenvalue weighted by atomic mass is 10.1. The van der Waals surface area contributed by atoms with Crippen LogP contribution in [-0.2, 0) is 4.79 Å². The highest BCUT2D eigenvalue weighted by Crippen LogP contribution is 2.12. The molecule has 0 spiro atoms. The van der Waals surface area contributed by atoms with Crippen LogP contribution in [0.25, 0.3) is 0 Å². The Kier molecular flexibility index (Phi) is 3.88. The van der Waals surface area contributed by atoms with Crippen molar-refractivity contribution in [2.45, 2.75) is 25.3 Å². The molecule has 2 heterocycles. The molecule has 18 heavy (non-hydrogen) atoms. The molecule has 0 radical (unpaired) electrons. The van der Waals surface area contributed by atoms with Gasteiger partial charge in [0.2, 0.25) is 5.91 Å². The summed E-state index contributed by atoms with van der Waals surface area (Å²) in [5.74, 6) is -1.19. The Morgan fingerprint density at radius 1 is 1.50 bits per heavy atom. The van der Waals surface area contributed by atoms with Crippen molar-refractivity contribution in [1.29, 1.82) is 0 Å². The number of carbonyl (C=O) groups excluding carboxylic acids is 1. The Labute approximate surface area is 104 Å². The molecular formula is C12H15N3O3. The fourth-order valence-corrected chi connectivity index (χ4v) is 1.99. The number of nitrogens with one attached hydrogen (secondary N) is 2. The molecule has 1 aliphatic rings. The highest BCUT2D eigenvalue weighted by Gasteiger charge is 2.17. The van der Waals surface area contributed by atoms with Gasteiger partial charge in [0.05, 0.1) is 17.4 Å². The predicted octanol–water partition coefficient (Wildman–Crippen LogP) is 0.860. The van der Waals surface area contributed by atoms with Gasteiger partial charge in [0.15, 0.2) is 0 Å². The van der Waals surface area contributed by atoms with Crippen molar-refractivity contribution in [3.63, 3.8) is 0 Å². The molecule has 1 fully saturated rings. The Balaban J connectivity index is 1.93. The van der Waals surface area contributed by atoms with Crippen molar-refractivity contribution in [2.24, 2.45) is 0 Å². The van der Waals surface area contributed by atoms with Crippen molar-refractivity contribution in [3.05, 3.63) is 24.0 Å². The van der Waals surface area contributed by atoms with Crippen LogP contribution in [0.15, 0.2) is 18.5 Å². The molecule has 0 saturated carbocycles. The van der Waals surface area contributed by atoms with Gasteiger partial charge in [-0.15, -0.1) is 0 Å². The average molecular weight is 249 g/mol. The van der Waals surface area contributed by atoms with E-state index in [1.807, 2.05) is 0 Å². The summed E-state index contributed by atoms with van der Waals surface area (Å²) >= 11 is 0. The monoisotopic (exact) mass is 249 g/mol. The molecule has 6 heteroatoms. The normalized spacial score (nSPS) is 18.6. The third-order valence-electron chi connectivity index (χ3n) is 2.86. The molecule has 0 bridgehead atoms. The molecule has 1 unspecified atom stereocenters. The third-order valence-corrected chi connectivity index (χ3v) is 2.86. The second kappa shape index (κ2) is 5.59. The molecule has 6 nitrogen and oxygen atoms in total. The zero-order valence-corrected chi connectivity index (χ0v) is 9.85. The summed E-state index contributed by atoms with van der Waals surface area (Å²) in [6.07, 6.45) is 5.18. The molecule has 2 rings (SSSR count). The van der Waals surface area contributed by atoms with Gasteiger partial charge in [-0.25, -0.2) is 4.79 Å². The van der Waals surface area contributed by atoms with Gasteiger partial charge in [-0.3, -0.25) is 9.78 Å². The van der Waals surface area contributed by atoms with Crippen molar-refractivity contribution >= 4 is 17.6 Å². The van der Waals surface area contributed by atoms with E-state index in [0.29, 0.717) is 12.1 Å². The summed E-state index contributed by atoms with van der Waals surface area (Å²) in [4.78, 5) is 26.3. The molecule has 3 N–H and O–H groups in total. The number of hydrogen-bond donors (Lipinski definition) is 3. The van der Waals surface area contributed by atoms with E-state index in [0.717, 1.165) is 19.4 Å². The number of aromatic carboxylic acids is 1. The standard InChI is InChI=1S/C12H15N3O3/c16-11(5-9-2-1-3-14-9)15-10-4-8(12(17)18)6-13-7-10/h4,6-7,9,14H,1-3,5H2,(H,15,16)(H,17,18). The fraction of sp³-hybridized carbons (Fsp3) is 0.417. The minimum absolute atomic E-state index is 0.0618. The van der Waals surface area contributed by atoms with Crippen LogP contribution in [0.4, 0.5) is 5.69 Å². The molecule has 1 aliphatic heterocycles. The molecule has 1 atom stereocenters. The summed E-state index contributed by atoms with van der Waals surface area (Å²) in [7, 11) is 0. The van der Waals surface area contributed by atoms with Crippen LogP contribution in [0.1, 0.15) is 29.6 Å². The number of rotatable bonds is 4. The maximum atomic E-state index is 11.7. The van der Waals surface area contributed by atoms with E-state index in [2.05, 4.69) is 15.6 Å². The van der Waals surface area contributed by atoms with Crippen LogP contribution in [-0.4, -0.2) is 34.6 Å². The first-order valence-corrected chi connectivity index (χ1v) is 5.87. The molecule has 0 aromatic carbocycles. The van der Waals surface area contributed by atoms with Gasteiger partial charge < -0.3 is 15.7 Å². The minimum Gasteiger partial charge on any atom is -0.478 e. The maximum absolute atomic E-state index is 11.7. The Morgan fingerprint density at radius 3 is 3.00 bits per heavy atom. The summed E-state index contributed by atoms with van der Waals surface area (Å²) < 4.78 is 0. The number of carbonyl (C=O) groups is 2. The quantitative estimate of drug-likeness (QED) is 0.736. The van der Waals surface area contributed by atoms with E-state index in [9.17, 15) is 9.59 Å². The third kappa shape index (κ3) is 3.27. The van der Waals surface area contributed by atoms with E-state index in [1.165, 1.54) is 18.5 Å². The van der Waals surface area contributed by atoms with Crippen LogP contribution in [0.2, 0.25) is 0 Å². The van der Waals surface area contributed by atoms with Gasteiger partial charge in [-0.05, 0) is 25.5 Å². The maximum Gasteiger partial charge on any atom is 0.337 e. The lowest BCUT2D eigenvalue weighted by Gasteiger charge is -2.10. The number of anilines is 1. The molecule has 1 aromatic heterocycles. The van der Waals surface area contributed by atoms with Gasteiger partial charge in [-0.1, -0.05) is 0 Å². The summed E-state index contributed by atoms with van der Waals surface area (Å²) in [6.45, 7) is 0.952. The highest BCUT2D eigenvalue weighted by atomic mass is 16.4. The van der Waals surface area contributed by atoms with Gasteiger partial charge in [-0.2, -0.15) is 0 Å². The second-order valence-electron chi connectivity index (χ2n) is 4.31. The average Bonchev–Trinajstić information content (AvgIpc) is 2.82. The van der Waals surface area contributed by atoms with Crippen molar-refractivity contribution in [3.8, 4) is 0 Å². The summed E-state index contributed by atoms with van der Waals surface area (Å²) in [5, 5.41) is 14.7. The lowest BCUT2D eigenvalue weighted by Crippen LogP contribution is -2.27. The largest absolute Gasteiger partial charge is 0.478 e. The van der Waals surface area contributed by atoms with Crippen LogP contribution >= 0.6 is 0 Å². The topological polar surface area (TPSA) is 91.3 Å². The molecule has 0 aliphatic carbocycles. The van der Waals surface area contributed by atoms with Crippen molar-refractivity contribution in [2.75, 3.05) is 11.9 Å². The van der Waals surface area contributed by atoms with Crippen LogP contribution in [0.5, 0.6) is 0 Å². The number of pyridine rings is 1. The first kappa shape index (κ1) is 12.5. The van der Waals surface area contributed by atoms with E-state index < -0.39 is 5.97 Å². The number of amides is 1. The molecule has 96 valence electrons. The van der Waals surface area contributed by atoms with Gasteiger partial charge in [0.1, 0.15) is 0 Å². The van der Waals surface area contributed by atoms with Crippen LogP contribution < -0.4 is 10.6 Å². The van der Waals surface area contributed by atoms with Gasteiger partial charge in [0.25, 0.3) is 0 Å². The number of carboxylic acids is 1. The smallest absolute Gasteiger partial charge is 0.337 e. The Morgan fingerprint density at radius 2 is 2.33 bits per heavy atom. The SMILES string of the molecule is O=C(CC1CCCN1)Nc1cncc(C(=O)O)c1. The Bertz CT molecular complexity index is 456. The highest BCUT2D eigenvalue weighted by molar-refractivity contribution is 5.93. The minimum atomic E-state index is -1.06. The number of nitrogens with zero attached hydrogens (tertiary/aromatic N) is 1. The molecule has 1 saturated heterocycles. The number of hydrogen-bond acceptors (Lipinski definition) is 4. The van der Waals surface area contributed by atoms with Crippen LogP contribution in [0, 0.1) is 0 Å². The first-order chi connectivity index (χ1) is 8.65. The Hall–Kier alpha value is -1.95. The van der Waals surface area contributed by atoms with Gasteiger partial charge >= 0.3 is 5.97 Å². The molecule has 1 aromatic rings. The fourth-order valence-electron chi connectivity index (χ4n) is 1.99. The number of aromatic nitrogens is 1. The predicted molar refractivity (Wildman–Crippen MR) is 65.5 cm³/mol. The molecule has 1 amide bonds. The van der Waals surface area contributed by atoms with Crippen LogP contribution in [0.3, 0.4) is 0 Å². The second-order valence-corrected chi connectivity index (χ2v) is 4.31. The van der Waals surface area contributed by atoms with E-state index >= 15 is 0 Å². The number of carboxylic acid groups (broad SMARTS) is 1.